The van der Waals surface area contributed by atoms with Crippen molar-refractivity contribution in [1.82, 2.24) is 35.7 Å². The van der Waals surface area contributed by atoms with Crippen molar-refractivity contribution in [3.05, 3.63) is 70.8 Å². The molecule has 58 heavy (non-hydrogen) atoms. The zero-order valence-corrected chi connectivity index (χ0v) is 34.1. The molecule has 1 atom stereocenters. The number of nitrogens with zero attached hydrogens (tertiary/aromatic N) is 4. The van der Waals surface area contributed by atoms with Crippen LogP contribution in [0, 0.1) is 11.8 Å². The molecule has 2 aromatic heterocycles. The molecule has 3 heterocycles. The highest BCUT2D eigenvalue weighted by Crippen LogP contribution is 2.29. The molecule has 2 aliphatic rings. The number of aromatic nitrogens is 4. The highest BCUT2D eigenvalue weighted by atomic mass is 16.6. The molecule has 0 radical (unpaired) electrons. The number of rotatable bonds is 10. The van der Waals surface area contributed by atoms with Crippen molar-refractivity contribution in [3.63, 3.8) is 0 Å². The van der Waals surface area contributed by atoms with Crippen LogP contribution in [0.3, 0.4) is 0 Å². The van der Waals surface area contributed by atoms with Crippen LogP contribution in [0.1, 0.15) is 72.8 Å². The highest BCUT2D eigenvalue weighted by Gasteiger charge is 2.31. The van der Waals surface area contributed by atoms with E-state index in [2.05, 4.69) is 36.1 Å². The summed E-state index contributed by atoms with van der Waals surface area (Å²) in [5.74, 6) is -0.0856. The molecule has 5 N–H and O–H groups in total. The number of hydrogen-bond donors (Lipinski definition) is 5. The number of ether oxygens (including phenoxy) is 2. The van der Waals surface area contributed by atoms with Gasteiger partial charge in [0, 0.05) is 68.7 Å². The average Bonchev–Trinajstić information content (AvgIpc) is 3.55. The Labute approximate surface area is 337 Å². The van der Waals surface area contributed by atoms with Crippen LogP contribution in [0.2, 0.25) is 0 Å². The molecule has 16 nitrogen and oxygen atoms in total. The van der Waals surface area contributed by atoms with E-state index in [1.54, 1.807) is 35.5 Å². The number of hydrogen-bond acceptors (Lipinski definition) is 10. The fourth-order valence-electron chi connectivity index (χ4n) is 7.18. The van der Waals surface area contributed by atoms with Crippen molar-refractivity contribution in [2.24, 2.45) is 11.8 Å². The SMILES string of the molecule is CC(C)(C)OC(=O)NCC1CCC(C(=O)NC(Cc2cccc(-c3cnc(N4CCN(C(=O)OC(C)(C)C)CC4)nc3)c2)C(=O)Nc2ccc3c(=O)[nH][nH]c3c2)CC1. The van der Waals surface area contributed by atoms with E-state index >= 15 is 0 Å². The molecule has 1 unspecified atom stereocenters. The van der Waals surface area contributed by atoms with E-state index in [0.29, 0.717) is 68.1 Å². The number of H-pyrrole nitrogens is 2. The van der Waals surface area contributed by atoms with Gasteiger partial charge >= 0.3 is 12.2 Å². The van der Waals surface area contributed by atoms with Crippen molar-refractivity contribution in [3.8, 4) is 11.1 Å². The number of alkyl carbamates (subject to hydrolysis) is 1. The third-order valence-corrected chi connectivity index (χ3v) is 10.2. The minimum atomic E-state index is -0.909. The number of anilines is 2. The van der Waals surface area contributed by atoms with Crippen LogP contribution >= 0.6 is 0 Å². The largest absolute Gasteiger partial charge is 0.444 e. The maximum atomic E-state index is 13.9. The Bertz CT molecular complexity index is 2140. The molecule has 4 aromatic rings. The van der Waals surface area contributed by atoms with E-state index in [-0.39, 0.29) is 35.8 Å². The Balaban J connectivity index is 1.10. The second-order valence-electron chi connectivity index (χ2n) is 17.1. The van der Waals surface area contributed by atoms with Gasteiger partial charge in [-0.05, 0) is 102 Å². The number of fused-ring (bicyclic) bond motifs is 1. The molecule has 6 rings (SSSR count). The lowest BCUT2D eigenvalue weighted by Crippen LogP contribution is -2.50. The zero-order valence-electron chi connectivity index (χ0n) is 34.1. The van der Waals surface area contributed by atoms with E-state index in [4.69, 9.17) is 9.47 Å². The van der Waals surface area contributed by atoms with Crippen molar-refractivity contribution in [2.75, 3.05) is 42.9 Å². The monoisotopic (exact) mass is 797 g/mol. The zero-order chi connectivity index (χ0) is 41.6. The van der Waals surface area contributed by atoms with E-state index in [1.807, 2.05) is 70.7 Å². The smallest absolute Gasteiger partial charge is 0.410 e. The average molecular weight is 798 g/mol. The number of piperazine rings is 1. The molecule has 310 valence electrons. The van der Waals surface area contributed by atoms with Crippen molar-refractivity contribution >= 4 is 46.5 Å². The summed E-state index contributed by atoms with van der Waals surface area (Å²) in [6, 6.07) is 11.8. The normalized spacial score (nSPS) is 18.0. The number of carbonyl (C=O) groups is 4. The molecular formula is C42H55N9O7. The maximum absolute atomic E-state index is 13.9. The summed E-state index contributed by atoms with van der Waals surface area (Å²) in [6.45, 7) is 13.6. The molecule has 1 saturated carbocycles. The lowest BCUT2D eigenvalue weighted by Gasteiger charge is -2.35. The van der Waals surface area contributed by atoms with Gasteiger partial charge in [0.25, 0.3) is 5.56 Å². The van der Waals surface area contributed by atoms with Crippen molar-refractivity contribution in [1.29, 1.82) is 0 Å². The molecule has 2 aromatic carbocycles. The van der Waals surface area contributed by atoms with Crippen LogP contribution in [-0.2, 0) is 25.5 Å². The minimum absolute atomic E-state index is 0.198. The number of benzene rings is 2. The topological polar surface area (TPSA) is 204 Å². The Kier molecular flexibility index (Phi) is 12.7. The number of nitrogens with one attached hydrogen (secondary N) is 5. The summed E-state index contributed by atoms with van der Waals surface area (Å²) in [4.78, 5) is 77.4. The van der Waals surface area contributed by atoms with Crippen molar-refractivity contribution < 1.29 is 28.7 Å². The first kappa shape index (κ1) is 41.7. The molecule has 0 bridgehead atoms. The van der Waals surface area contributed by atoms with Crippen LogP contribution in [0.15, 0.2) is 59.7 Å². The predicted molar refractivity (Wildman–Crippen MR) is 220 cm³/mol. The number of amides is 4. The first-order chi connectivity index (χ1) is 27.5. The summed E-state index contributed by atoms with van der Waals surface area (Å²) in [5, 5.41) is 14.6. The quantitative estimate of drug-likeness (QED) is 0.139. The summed E-state index contributed by atoms with van der Waals surface area (Å²) in [5.41, 5.74) is 2.08. The van der Waals surface area contributed by atoms with Crippen LogP contribution in [0.25, 0.3) is 22.0 Å². The highest BCUT2D eigenvalue weighted by molar-refractivity contribution is 5.99. The van der Waals surface area contributed by atoms with Crippen LogP contribution in [0.5, 0.6) is 0 Å². The molecular weight excluding hydrogens is 743 g/mol. The Morgan fingerprint density at radius 2 is 1.53 bits per heavy atom. The van der Waals surface area contributed by atoms with Gasteiger partial charge in [-0.1, -0.05) is 24.3 Å². The summed E-state index contributed by atoms with van der Waals surface area (Å²) in [7, 11) is 0. The van der Waals surface area contributed by atoms with Crippen LogP contribution in [-0.4, -0.2) is 99.0 Å². The lowest BCUT2D eigenvalue weighted by atomic mass is 9.81. The van der Waals surface area contributed by atoms with Gasteiger partial charge in [0.15, 0.2) is 0 Å². The molecule has 4 amide bonds. The molecule has 1 aliphatic heterocycles. The van der Waals surface area contributed by atoms with E-state index < -0.39 is 29.2 Å². The fourth-order valence-corrected chi connectivity index (χ4v) is 7.18. The summed E-state index contributed by atoms with van der Waals surface area (Å²) < 4.78 is 10.9. The van der Waals surface area contributed by atoms with Gasteiger partial charge in [0.1, 0.15) is 17.2 Å². The minimum Gasteiger partial charge on any atom is -0.444 e. The van der Waals surface area contributed by atoms with Gasteiger partial charge < -0.3 is 35.2 Å². The number of carbonyl (C=O) groups excluding carboxylic acids is 4. The molecule has 1 aliphatic carbocycles. The predicted octanol–water partition coefficient (Wildman–Crippen LogP) is 5.37. The Morgan fingerprint density at radius 1 is 0.845 bits per heavy atom. The van der Waals surface area contributed by atoms with E-state index in [0.717, 1.165) is 29.5 Å². The van der Waals surface area contributed by atoms with Gasteiger partial charge in [-0.25, -0.2) is 19.6 Å². The second kappa shape index (κ2) is 17.7. The van der Waals surface area contributed by atoms with Gasteiger partial charge in [-0.2, -0.15) is 0 Å². The Hall–Kier alpha value is -5.93. The van der Waals surface area contributed by atoms with E-state index in [1.165, 1.54) is 0 Å². The summed E-state index contributed by atoms with van der Waals surface area (Å²) in [6.07, 6.45) is 5.71. The number of aromatic amines is 2. The lowest BCUT2D eigenvalue weighted by molar-refractivity contribution is -0.130. The molecule has 0 spiro atoms. The third-order valence-electron chi connectivity index (χ3n) is 10.2. The molecule has 1 saturated heterocycles. The van der Waals surface area contributed by atoms with Crippen LogP contribution < -0.4 is 26.4 Å². The fraction of sp³-hybridized carbons (Fsp3) is 0.500. The standard InChI is InChI=1S/C42H55N9O7/c1-41(2,3)57-39(55)45-23-26-10-12-28(13-11-26)35(52)47-34(37(54)46-31-14-15-32-33(22-31)48-49-36(32)53)21-27-8-7-9-29(20-27)30-24-43-38(44-25-30)50-16-18-51(19-17-50)40(56)58-42(4,5)6/h7-9,14-15,20,22,24-26,28,34H,10-13,16-19,21,23H2,1-6H3,(H,45,55)(H,46,54)(H,47,52)(H2,48,49,53). The molecule has 16 heteroatoms. The molecule has 2 fully saturated rings. The maximum Gasteiger partial charge on any atom is 0.410 e. The third kappa shape index (κ3) is 11.3. The van der Waals surface area contributed by atoms with Crippen molar-refractivity contribution in [2.45, 2.75) is 90.9 Å². The van der Waals surface area contributed by atoms with Gasteiger partial charge in [0.2, 0.25) is 17.8 Å². The first-order valence-corrected chi connectivity index (χ1v) is 19.9. The first-order valence-electron chi connectivity index (χ1n) is 19.9. The van der Waals surface area contributed by atoms with Crippen LogP contribution in [0.4, 0.5) is 21.2 Å². The van der Waals surface area contributed by atoms with Gasteiger partial charge in [-0.15, -0.1) is 0 Å². The van der Waals surface area contributed by atoms with Gasteiger partial charge in [0.05, 0.1) is 10.9 Å². The Morgan fingerprint density at radius 3 is 2.21 bits per heavy atom. The van der Waals surface area contributed by atoms with E-state index in [9.17, 15) is 24.0 Å². The summed E-state index contributed by atoms with van der Waals surface area (Å²) >= 11 is 0. The second-order valence-corrected chi connectivity index (χ2v) is 17.1. The van der Waals surface area contributed by atoms with Gasteiger partial charge in [-0.3, -0.25) is 24.6 Å².